The highest BCUT2D eigenvalue weighted by atomic mass is 32.1. The number of likely N-dealkylation sites (tertiary alicyclic amines) is 1. The number of thiophene rings is 1. The molecule has 1 aliphatic heterocycles. The van der Waals surface area contributed by atoms with E-state index in [4.69, 9.17) is 5.73 Å². The molecule has 130 valence electrons. The lowest BCUT2D eigenvalue weighted by Gasteiger charge is -2.30. The quantitative estimate of drug-likeness (QED) is 0.837. The number of aryl methyl sites for hydroxylation is 1. The summed E-state index contributed by atoms with van der Waals surface area (Å²) in [5, 5.41) is 0.446. The van der Waals surface area contributed by atoms with Crippen LogP contribution in [0.3, 0.4) is 0 Å². The van der Waals surface area contributed by atoms with Crippen LogP contribution in [-0.4, -0.2) is 28.9 Å². The second-order valence-electron chi connectivity index (χ2n) is 6.32. The molecule has 1 fully saturated rings. The van der Waals surface area contributed by atoms with Crippen LogP contribution in [0.2, 0.25) is 0 Å². The van der Waals surface area contributed by atoms with Crippen LogP contribution >= 0.6 is 11.3 Å². The molecular weight excluding hydrogens is 339 g/mol. The zero-order valence-electron chi connectivity index (χ0n) is 13.4. The zero-order chi connectivity index (χ0) is 17.6. The summed E-state index contributed by atoms with van der Waals surface area (Å²) >= 11 is 0.944. The molecule has 0 aliphatic carbocycles. The van der Waals surface area contributed by atoms with E-state index in [1.165, 1.54) is 0 Å². The summed E-state index contributed by atoms with van der Waals surface area (Å²) in [5.41, 5.74) is 5.73. The van der Waals surface area contributed by atoms with Gasteiger partial charge in [-0.15, -0.1) is 11.3 Å². The van der Waals surface area contributed by atoms with Gasteiger partial charge in [0.15, 0.2) is 0 Å². The molecule has 0 bridgehead atoms. The number of amides is 1. The summed E-state index contributed by atoms with van der Waals surface area (Å²) in [5.74, 6) is 0.363. The number of nitrogen functional groups attached to an aromatic ring is 1. The average Bonchev–Trinajstić information content (AvgIpc) is 2.84. The van der Waals surface area contributed by atoms with Gasteiger partial charge >= 0.3 is 6.18 Å². The average molecular weight is 357 g/mol. The third-order valence-electron chi connectivity index (χ3n) is 4.45. The monoisotopic (exact) mass is 357 g/mol. The molecule has 24 heavy (non-hydrogen) atoms. The SMILES string of the molecule is Cc1cc(C(F)(F)F)nc2sc(C(=O)N3CCC(C)CC3)c(N)c12. The Labute approximate surface area is 141 Å². The number of alkyl halides is 3. The Bertz CT molecular complexity index is 792. The first-order valence-electron chi connectivity index (χ1n) is 7.74. The first kappa shape index (κ1) is 17.0. The maximum Gasteiger partial charge on any atom is 0.433 e. The van der Waals surface area contributed by atoms with E-state index < -0.39 is 11.9 Å². The maximum atomic E-state index is 12.9. The third-order valence-corrected chi connectivity index (χ3v) is 5.54. The number of hydrogen-bond acceptors (Lipinski definition) is 4. The highest BCUT2D eigenvalue weighted by Gasteiger charge is 2.34. The summed E-state index contributed by atoms with van der Waals surface area (Å²) in [6.07, 6.45) is -2.68. The van der Waals surface area contributed by atoms with Crippen molar-refractivity contribution in [3.63, 3.8) is 0 Å². The number of halogens is 3. The summed E-state index contributed by atoms with van der Waals surface area (Å²) in [4.78, 5) is 18.5. The number of nitrogens with two attached hydrogens (primary N) is 1. The van der Waals surface area contributed by atoms with Gasteiger partial charge in [0.05, 0.1) is 5.69 Å². The molecule has 0 atom stereocenters. The Morgan fingerprint density at radius 2 is 2.00 bits per heavy atom. The first-order valence-corrected chi connectivity index (χ1v) is 8.56. The van der Waals surface area contributed by atoms with Gasteiger partial charge in [-0.05, 0) is 37.3 Å². The Morgan fingerprint density at radius 1 is 1.38 bits per heavy atom. The van der Waals surface area contributed by atoms with Gasteiger partial charge in [0.1, 0.15) is 15.4 Å². The van der Waals surface area contributed by atoms with Crippen LogP contribution in [0.25, 0.3) is 10.2 Å². The second kappa shape index (κ2) is 5.91. The van der Waals surface area contributed by atoms with Crippen molar-refractivity contribution in [2.45, 2.75) is 32.9 Å². The number of fused-ring (bicyclic) bond motifs is 1. The molecule has 8 heteroatoms. The van der Waals surface area contributed by atoms with Crippen molar-refractivity contribution in [2.24, 2.45) is 5.92 Å². The second-order valence-corrected chi connectivity index (χ2v) is 7.32. The van der Waals surface area contributed by atoms with Crippen molar-refractivity contribution >= 4 is 33.1 Å². The van der Waals surface area contributed by atoms with Crippen LogP contribution in [0.4, 0.5) is 18.9 Å². The molecule has 3 rings (SSSR count). The minimum atomic E-state index is -4.52. The van der Waals surface area contributed by atoms with Gasteiger partial charge in [0.25, 0.3) is 5.91 Å². The number of nitrogens with zero attached hydrogens (tertiary/aromatic N) is 2. The fraction of sp³-hybridized carbons (Fsp3) is 0.500. The number of piperidine rings is 1. The fourth-order valence-corrected chi connectivity index (χ4v) is 4.11. The molecule has 0 saturated carbocycles. The molecule has 0 aromatic carbocycles. The van der Waals surface area contributed by atoms with Gasteiger partial charge in [-0.2, -0.15) is 13.2 Å². The van der Waals surface area contributed by atoms with Gasteiger partial charge in [-0.3, -0.25) is 4.79 Å². The summed E-state index contributed by atoms with van der Waals surface area (Å²) < 4.78 is 38.8. The van der Waals surface area contributed by atoms with Gasteiger partial charge in [0.2, 0.25) is 0 Å². The molecule has 1 saturated heterocycles. The number of rotatable bonds is 1. The molecule has 2 aromatic heterocycles. The molecule has 1 amide bonds. The smallest absolute Gasteiger partial charge is 0.397 e. The third kappa shape index (κ3) is 2.94. The number of pyridine rings is 1. The lowest BCUT2D eigenvalue weighted by molar-refractivity contribution is -0.141. The van der Waals surface area contributed by atoms with E-state index in [1.54, 1.807) is 11.8 Å². The lowest BCUT2D eigenvalue weighted by Crippen LogP contribution is -2.37. The number of carbonyl (C=O) groups is 1. The maximum absolute atomic E-state index is 12.9. The van der Waals surface area contributed by atoms with Gasteiger partial charge < -0.3 is 10.6 Å². The molecule has 4 nitrogen and oxygen atoms in total. The largest absolute Gasteiger partial charge is 0.433 e. The van der Waals surface area contributed by atoms with E-state index >= 15 is 0 Å². The molecular formula is C16H18F3N3OS. The van der Waals surface area contributed by atoms with Crippen molar-refractivity contribution in [1.82, 2.24) is 9.88 Å². The van der Waals surface area contributed by atoms with Crippen molar-refractivity contribution in [3.8, 4) is 0 Å². The van der Waals surface area contributed by atoms with Gasteiger partial charge in [-0.1, -0.05) is 6.92 Å². The van der Waals surface area contributed by atoms with Crippen molar-refractivity contribution in [3.05, 3.63) is 22.2 Å². The molecule has 0 spiro atoms. The molecule has 3 heterocycles. The van der Waals surface area contributed by atoms with E-state index in [-0.39, 0.29) is 21.3 Å². The topological polar surface area (TPSA) is 59.2 Å². The van der Waals surface area contributed by atoms with E-state index in [9.17, 15) is 18.0 Å². The van der Waals surface area contributed by atoms with Gasteiger partial charge in [0, 0.05) is 18.5 Å². The van der Waals surface area contributed by atoms with Crippen LogP contribution in [-0.2, 0) is 6.18 Å². The van der Waals surface area contributed by atoms with Crippen molar-refractivity contribution in [1.29, 1.82) is 0 Å². The summed E-state index contributed by atoms with van der Waals surface area (Å²) in [6.45, 7) is 4.99. The number of hydrogen-bond donors (Lipinski definition) is 1. The molecule has 2 N–H and O–H groups in total. The lowest BCUT2D eigenvalue weighted by atomic mass is 9.99. The van der Waals surface area contributed by atoms with Crippen molar-refractivity contribution < 1.29 is 18.0 Å². The highest BCUT2D eigenvalue weighted by Crippen LogP contribution is 2.39. The number of aromatic nitrogens is 1. The minimum Gasteiger partial charge on any atom is -0.397 e. The molecule has 1 aliphatic rings. The molecule has 0 radical (unpaired) electrons. The predicted octanol–water partition coefficient (Wildman–Crippen LogP) is 4.08. The Hall–Kier alpha value is -1.83. The van der Waals surface area contributed by atoms with Gasteiger partial charge in [-0.25, -0.2) is 4.98 Å². The summed E-state index contributed by atoms with van der Waals surface area (Å²) in [6, 6.07) is 0.974. The number of carbonyl (C=O) groups excluding carboxylic acids is 1. The number of anilines is 1. The Morgan fingerprint density at radius 3 is 2.58 bits per heavy atom. The zero-order valence-corrected chi connectivity index (χ0v) is 14.2. The van der Waals surface area contributed by atoms with E-state index in [2.05, 4.69) is 11.9 Å². The highest BCUT2D eigenvalue weighted by molar-refractivity contribution is 7.21. The van der Waals surface area contributed by atoms with Crippen LogP contribution < -0.4 is 5.73 Å². The molecule has 2 aromatic rings. The standard InChI is InChI=1S/C16H18F3N3OS/c1-8-3-5-22(6-4-8)15(23)13-12(20)11-9(2)7-10(16(17,18)19)21-14(11)24-13/h7-8H,3-6,20H2,1-2H3. The minimum absolute atomic E-state index is 0.161. The van der Waals surface area contributed by atoms with Crippen LogP contribution in [0, 0.1) is 12.8 Å². The van der Waals surface area contributed by atoms with E-state index in [1.807, 2.05) is 0 Å². The normalized spacial score (nSPS) is 16.8. The van der Waals surface area contributed by atoms with Crippen LogP contribution in [0.5, 0.6) is 0 Å². The summed E-state index contributed by atoms with van der Waals surface area (Å²) in [7, 11) is 0. The Balaban J connectivity index is 2.02. The van der Waals surface area contributed by atoms with E-state index in [0.717, 1.165) is 30.2 Å². The first-order chi connectivity index (χ1) is 11.2. The van der Waals surface area contributed by atoms with Crippen LogP contribution in [0.1, 0.15) is 40.7 Å². The van der Waals surface area contributed by atoms with E-state index in [0.29, 0.717) is 30.0 Å². The fourth-order valence-electron chi connectivity index (χ4n) is 2.97. The predicted molar refractivity (Wildman–Crippen MR) is 88.1 cm³/mol. The van der Waals surface area contributed by atoms with Crippen LogP contribution in [0.15, 0.2) is 6.07 Å². The molecule has 0 unspecified atom stereocenters. The van der Waals surface area contributed by atoms with Crippen molar-refractivity contribution in [2.75, 3.05) is 18.8 Å². The Kier molecular flexibility index (Phi) is 4.19.